The number of rotatable bonds is 2. The van der Waals surface area contributed by atoms with Gasteiger partial charge in [-0.25, -0.2) is 4.21 Å². The standard InChI is InChI=1S/C10H11NO2S/c1-8-6-11(7-14(12)13)10-5-3-2-4-9(8)10/h2-6H,7H2,1H3,(H,12,13). The molecular weight excluding hydrogens is 198 g/mol. The number of para-hydroxylation sites is 1. The number of fused-ring (bicyclic) bond motifs is 1. The molecule has 0 saturated heterocycles. The third-order valence-electron chi connectivity index (χ3n) is 2.24. The maximum Gasteiger partial charge on any atom is 0.173 e. The van der Waals surface area contributed by atoms with E-state index in [1.54, 1.807) is 4.57 Å². The van der Waals surface area contributed by atoms with Gasteiger partial charge in [0.05, 0.1) is 0 Å². The smallest absolute Gasteiger partial charge is 0.173 e. The van der Waals surface area contributed by atoms with Gasteiger partial charge in [-0.1, -0.05) is 18.2 Å². The van der Waals surface area contributed by atoms with Crippen molar-refractivity contribution in [2.75, 3.05) is 0 Å². The summed E-state index contributed by atoms with van der Waals surface area (Å²) in [4.78, 5) is 0. The van der Waals surface area contributed by atoms with Crippen molar-refractivity contribution in [3.8, 4) is 0 Å². The van der Waals surface area contributed by atoms with Crippen LogP contribution in [0.3, 0.4) is 0 Å². The number of hydrogen-bond donors (Lipinski definition) is 1. The average molecular weight is 209 g/mol. The van der Waals surface area contributed by atoms with Crippen molar-refractivity contribution in [3.63, 3.8) is 0 Å². The van der Waals surface area contributed by atoms with Crippen LogP contribution in [0, 0.1) is 6.92 Å². The summed E-state index contributed by atoms with van der Waals surface area (Å²) < 4.78 is 21.3. The van der Waals surface area contributed by atoms with E-state index in [1.807, 2.05) is 37.4 Å². The van der Waals surface area contributed by atoms with Crippen molar-refractivity contribution in [1.82, 2.24) is 4.57 Å². The summed E-state index contributed by atoms with van der Waals surface area (Å²) in [5.74, 6) is 0.133. The third-order valence-corrected chi connectivity index (χ3v) is 2.74. The number of nitrogens with zero attached hydrogens (tertiary/aromatic N) is 1. The van der Waals surface area contributed by atoms with E-state index >= 15 is 0 Å². The quantitative estimate of drug-likeness (QED) is 0.770. The molecular formula is C10H11NO2S. The molecule has 0 aliphatic carbocycles. The molecule has 2 aromatic rings. The first-order chi connectivity index (χ1) is 6.68. The van der Waals surface area contributed by atoms with Crippen LogP contribution in [0.15, 0.2) is 30.5 Å². The van der Waals surface area contributed by atoms with Crippen molar-refractivity contribution in [2.45, 2.75) is 12.8 Å². The molecule has 0 radical (unpaired) electrons. The lowest BCUT2D eigenvalue weighted by atomic mass is 10.2. The Hall–Kier alpha value is -1.13. The van der Waals surface area contributed by atoms with Crippen molar-refractivity contribution >= 4 is 22.0 Å². The van der Waals surface area contributed by atoms with E-state index in [9.17, 15) is 4.21 Å². The minimum Gasteiger partial charge on any atom is -0.332 e. The molecule has 4 heteroatoms. The largest absolute Gasteiger partial charge is 0.332 e. The lowest BCUT2D eigenvalue weighted by Crippen LogP contribution is -2.01. The number of benzene rings is 1. The van der Waals surface area contributed by atoms with Crippen LogP contribution in [0.25, 0.3) is 10.9 Å². The second-order valence-electron chi connectivity index (χ2n) is 3.25. The van der Waals surface area contributed by atoms with Gasteiger partial charge in [0, 0.05) is 17.1 Å². The summed E-state index contributed by atoms with van der Waals surface area (Å²) in [6.07, 6.45) is 1.90. The predicted octanol–water partition coefficient (Wildman–Crippen LogP) is 2.13. The first kappa shape index (κ1) is 9.43. The summed E-state index contributed by atoms with van der Waals surface area (Å²) in [5.41, 5.74) is 2.14. The van der Waals surface area contributed by atoms with E-state index in [4.69, 9.17) is 4.55 Å². The molecule has 1 heterocycles. The summed E-state index contributed by atoms with van der Waals surface area (Å²) in [6, 6.07) is 7.87. The molecule has 0 fully saturated rings. The molecule has 2 rings (SSSR count). The Morgan fingerprint density at radius 3 is 2.86 bits per heavy atom. The number of hydrogen-bond acceptors (Lipinski definition) is 1. The lowest BCUT2D eigenvalue weighted by molar-refractivity contribution is 0.553. The highest BCUT2D eigenvalue weighted by molar-refractivity contribution is 7.78. The van der Waals surface area contributed by atoms with Crippen LogP contribution in [0.4, 0.5) is 0 Å². The van der Waals surface area contributed by atoms with Gasteiger partial charge in [0.25, 0.3) is 0 Å². The monoisotopic (exact) mass is 209 g/mol. The van der Waals surface area contributed by atoms with Gasteiger partial charge in [-0.05, 0) is 18.6 Å². The topological polar surface area (TPSA) is 42.2 Å². The maximum atomic E-state index is 10.7. The Balaban J connectivity index is 2.60. The highest BCUT2D eigenvalue weighted by Crippen LogP contribution is 2.20. The highest BCUT2D eigenvalue weighted by Gasteiger charge is 2.05. The second-order valence-corrected chi connectivity index (χ2v) is 4.15. The van der Waals surface area contributed by atoms with Crippen LogP contribution in [-0.2, 0) is 17.0 Å². The van der Waals surface area contributed by atoms with Crippen LogP contribution in [0.1, 0.15) is 5.56 Å². The van der Waals surface area contributed by atoms with Gasteiger partial charge in [-0.2, -0.15) is 0 Å². The molecule has 0 bridgehead atoms. The first-order valence-electron chi connectivity index (χ1n) is 4.30. The highest BCUT2D eigenvalue weighted by atomic mass is 32.2. The van der Waals surface area contributed by atoms with Gasteiger partial charge >= 0.3 is 0 Å². The van der Waals surface area contributed by atoms with E-state index < -0.39 is 11.1 Å². The van der Waals surface area contributed by atoms with E-state index in [1.165, 1.54) is 0 Å². The first-order valence-corrected chi connectivity index (χ1v) is 5.58. The summed E-state index contributed by atoms with van der Waals surface area (Å²) in [7, 11) is 0. The van der Waals surface area contributed by atoms with E-state index in [2.05, 4.69) is 0 Å². The van der Waals surface area contributed by atoms with Crippen LogP contribution >= 0.6 is 0 Å². The predicted molar refractivity (Wildman–Crippen MR) is 57.4 cm³/mol. The molecule has 74 valence electrons. The molecule has 0 amide bonds. The molecule has 1 aromatic carbocycles. The fourth-order valence-corrected chi connectivity index (χ4v) is 2.11. The molecule has 0 spiro atoms. The van der Waals surface area contributed by atoms with Crippen LogP contribution in [0.5, 0.6) is 0 Å². The summed E-state index contributed by atoms with van der Waals surface area (Å²) in [5, 5.41) is 1.14. The van der Waals surface area contributed by atoms with Crippen LogP contribution in [-0.4, -0.2) is 13.3 Å². The molecule has 3 nitrogen and oxygen atoms in total. The van der Waals surface area contributed by atoms with Gasteiger partial charge < -0.3 is 9.12 Å². The summed E-state index contributed by atoms with van der Waals surface area (Å²) in [6.45, 7) is 2.00. The fraction of sp³-hybridized carbons (Fsp3) is 0.200. The Morgan fingerprint density at radius 1 is 1.43 bits per heavy atom. The third kappa shape index (κ3) is 1.58. The van der Waals surface area contributed by atoms with E-state index in [0.717, 1.165) is 16.5 Å². The van der Waals surface area contributed by atoms with Crippen LogP contribution < -0.4 is 0 Å². The zero-order valence-corrected chi connectivity index (χ0v) is 8.62. The molecule has 0 aliphatic heterocycles. The minimum absolute atomic E-state index is 0.133. The van der Waals surface area contributed by atoms with Gasteiger partial charge in [-0.15, -0.1) is 0 Å². The van der Waals surface area contributed by atoms with Crippen molar-refractivity contribution in [1.29, 1.82) is 0 Å². The van der Waals surface area contributed by atoms with Crippen molar-refractivity contribution in [2.24, 2.45) is 0 Å². The Morgan fingerprint density at radius 2 is 2.14 bits per heavy atom. The lowest BCUT2D eigenvalue weighted by Gasteiger charge is -2.00. The van der Waals surface area contributed by atoms with E-state index in [0.29, 0.717) is 0 Å². The zero-order valence-electron chi connectivity index (χ0n) is 7.80. The van der Waals surface area contributed by atoms with E-state index in [-0.39, 0.29) is 5.88 Å². The number of aromatic nitrogens is 1. The molecule has 0 aliphatic rings. The fourth-order valence-electron chi connectivity index (χ4n) is 1.66. The molecule has 1 unspecified atom stereocenters. The van der Waals surface area contributed by atoms with Gasteiger partial charge in [0.15, 0.2) is 11.1 Å². The Labute approximate surface area is 84.6 Å². The van der Waals surface area contributed by atoms with Crippen molar-refractivity contribution < 1.29 is 8.76 Å². The SMILES string of the molecule is Cc1cn(CS(=O)O)c2ccccc12. The van der Waals surface area contributed by atoms with Crippen molar-refractivity contribution in [3.05, 3.63) is 36.0 Å². The molecule has 1 aromatic heterocycles. The van der Waals surface area contributed by atoms with Gasteiger partial charge in [0.2, 0.25) is 0 Å². The molecule has 0 saturated carbocycles. The Kier molecular flexibility index (Phi) is 2.39. The zero-order chi connectivity index (χ0) is 10.1. The molecule has 14 heavy (non-hydrogen) atoms. The molecule has 1 atom stereocenters. The van der Waals surface area contributed by atoms with Gasteiger partial charge in [0.1, 0.15) is 5.88 Å². The van der Waals surface area contributed by atoms with Crippen LogP contribution in [0.2, 0.25) is 0 Å². The second kappa shape index (κ2) is 3.55. The molecule has 1 N–H and O–H groups in total. The minimum atomic E-state index is -1.80. The number of aryl methyl sites for hydroxylation is 1. The normalized spacial score (nSPS) is 13.3. The average Bonchev–Trinajstić information content (AvgIpc) is 2.44. The maximum absolute atomic E-state index is 10.7. The van der Waals surface area contributed by atoms with Gasteiger partial charge in [-0.3, -0.25) is 0 Å². The summed E-state index contributed by atoms with van der Waals surface area (Å²) >= 11 is -1.80. The Bertz CT molecular complexity index is 490.